The van der Waals surface area contributed by atoms with E-state index >= 15 is 0 Å². The van der Waals surface area contributed by atoms with Crippen molar-refractivity contribution in [3.05, 3.63) is 59.7 Å². The van der Waals surface area contributed by atoms with Crippen LogP contribution in [-0.2, 0) is 11.2 Å². The quantitative estimate of drug-likeness (QED) is 0.894. The fraction of sp³-hybridized carbons (Fsp3) is 0.0714. The lowest BCUT2D eigenvalue weighted by Gasteiger charge is -2.07. The molecule has 1 aromatic carbocycles. The number of aromatic nitrogens is 1. The number of carbonyl (C=O) groups excluding carboxylic acids is 1. The molecule has 6 heteroatoms. The maximum absolute atomic E-state index is 13.4. The molecule has 0 fully saturated rings. The van der Waals surface area contributed by atoms with E-state index in [4.69, 9.17) is 5.11 Å². The number of carboxylic acid groups (broad SMARTS) is 1. The number of benzene rings is 1. The van der Waals surface area contributed by atoms with Crippen LogP contribution in [0.5, 0.6) is 0 Å². The second-order valence-electron chi connectivity index (χ2n) is 4.02. The summed E-state index contributed by atoms with van der Waals surface area (Å²) in [7, 11) is 0. The summed E-state index contributed by atoms with van der Waals surface area (Å²) in [6, 6.07) is 8.84. The number of anilines is 1. The number of hydrogen-bond donors (Lipinski definition) is 2. The van der Waals surface area contributed by atoms with E-state index in [1.807, 2.05) is 0 Å². The van der Waals surface area contributed by atoms with Gasteiger partial charge in [-0.25, -0.2) is 14.2 Å². The van der Waals surface area contributed by atoms with Crippen molar-refractivity contribution < 1.29 is 19.1 Å². The van der Waals surface area contributed by atoms with Gasteiger partial charge in [-0.3, -0.25) is 4.79 Å². The zero-order valence-corrected chi connectivity index (χ0v) is 10.3. The lowest BCUT2D eigenvalue weighted by atomic mass is 10.1. The third-order valence-electron chi connectivity index (χ3n) is 2.59. The predicted molar refractivity (Wildman–Crippen MR) is 69.9 cm³/mol. The van der Waals surface area contributed by atoms with Gasteiger partial charge >= 0.3 is 5.97 Å². The van der Waals surface area contributed by atoms with Gasteiger partial charge in [-0.05, 0) is 23.8 Å². The molecule has 0 bridgehead atoms. The van der Waals surface area contributed by atoms with Gasteiger partial charge in [-0.15, -0.1) is 0 Å². The summed E-state index contributed by atoms with van der Waals surface area (Å²) in [5.41, 5.74) is 0.0708. The summed E-state index contributed by atoms with van der Waals surface area (Å²) >= 11 is 0. The fourth-order valence-electron chi connectivity index (χ4n) is 1.69. The number of nitrogens with zero attached hydrogens (tertiary/aromatic N) is 1. The van der Waals surface area contributed by atoms with Gasteiger partial charge in [-0.1, -0.05) is 18.2 Å². The predicted octanol–water partition coefficient (Wildman–Crippen LogP) is 2.10. The van der Waals surface area contributed by atoms with Gasteiger partial charge in [0, 0.05) is 6.20 Å². The highest BCUT2D eigenvalue weighted by Crippen LogP contribution is 2.13. The summed E-state index contributed by atoms with van der Waals surface area (Å²) in [5, 5.41) is 11.4. The number of carboxylic acids is 1. The number of amides is 1. The van der Waals surface area contributed by atoms with E-state index in [-0.39, 0.29) is 23.4 Å². The van der Waals surface area contributed by atoms with Gasteiger partial charge in [0.15, 0.2) is 5.69 Å². The molecule has 5 nitrogen and oxygen atoms in total. The second-order valence-corrected chi connectivity index (χ2v) is 4.02. The summed E-state index contributed by atoms with van der Waals surface area (Å²) in [4.78, 5) is 26.4. The van der Waals surface area contributed by atoms with Crippen molar-refractivity contribution in [3.63, 3.8) is 0 Å². The first-order chi connectivity index (χ1) is 9.58. The molecule has 0 atom stereocenters. The van der Waals surface area contributed by atoms with Crippen LogP contribution in [0.1, 0.15) is 16.1 Å². The van der Waals surface area contributed by atoms with Crippen molar-refractivity contribution in [1.82, 2.24) is 4.98 Å². The first kappa shape index (κ1) is 13.7. The molecular formula is C14H11FN2O3. The van der Waals surface area contributed by atoms with Gasteiger partial charge < -0.3 is 10.4 Å². The number of carbonyl (C=O) groups is 2. The zero-order chi connectivity index (χ0) is 14.5. The molecule has 0 aliphatic rings. The molecule has 2 rings (SSSR count). The molecule has 1 aromatic heterocycles. The molecule has 0 aliphatic carbocycles. The zero-order valence-electron chi connectivity index (χ0n) is 10.3. The Bertz CT molecular complexity index is 658. The number of rotatable bonds is 4. The topological polar surface area (TPSA) is 79.3 Å². The third kappa shape index (κ3) is 3.17. The normalized spacial score (nSPS) is 10.1. The minimum Gasteiger partial charge on any atom is -0.476 e. The Balaban J connectivity index is 2.13. The van der Waals surface area contributed by atoms with Crippen LogP contribution in [0.4, 0.5) is 10.1 Å². The van der Waals surface area contributed by atoms with Crippen LogP contribution in [0.3, 0.4) is 0 Å². The minimum absolute atomic E-state index is 0.0846. The van der Waals surface area contributed by atoms with Gasteiger partial charge in [-0.2, -0.15) is 0 Å². The van der Waals surface area contributed by atoms with Crippen LogP contribution in [0.15, 0.2) is 42.6 Å². The van der Waals surface area contributed by atoms with E-state index in [0.29, 0.717) is 0 Å². The van der Waals surface area contributed by atoms with E-state index in [1.165, 1.54) is 36.5 Å². The summed E-state index contributed by atoms with van der Waals surface area (Å²) in [6.07, 6.45) is 1.14. The SMILES string of the molecule is O=C(Cc1ccccc1F)Nc1cccnc1C(=O)O. The van der Waals surface area contributed by atoms with Crippen molar-refractivity contribution in [1.29, 1.82) is 0 Å². The van der Waals surface area contributed by atoms with Gasteiger partial charge in [0.05, 0.1) is 12.1 Å². The lowest BCUT2D eigenvalue weighted by molar-refractivity contribution is -0.115. The van der Waals surface area contributed by atoms with Gasteiger partial charge in [0.1, 0.15) is 5.82 Å². The van der Waals surface area contributed by atoms with Crippen molar-refractivity contribution in [2.45, 2.75) is 6.42 Å². The van der Waals surface area contributed by atoms with Gasteiger partial charge in [0.2, 0.25) is 5.91 Å². The Hall–Kier alpha value is -2.76. The van der Waals surface area contributed by atoms with Crippen molar-refractivity contribution in [3.8, 4) is 0 Å². The number of aromatic carboxylic acids is 1. The molecule has 1 amide bonds. The molecule has 20 heavy (non-hydrogen) atoms. The number of hydrogen-bond acceptors (Lipinski definition) is 3. The van der Waals surface area contributed by atoms with E-state index in [1.54, 1.807) is 6.07 Å². The minimum atomic E-state index is -1.24. The molecule has 0 spiro atoms. The van der Waals surface area contributed by atoms with Crippen LogP contribution in [0, 0.1) is 5.82 Å². The van der Waals surface area contributed by atoms with Crippen molar-refractivity contribution in [2.24, 2.45) is 0 Å². The molecule has 102 valence electrons. The van der Waals surface area contributed by atoms with Crippen LogP contribution in [0.2, 0.25) is 0 Å². The maximum atomic E-state index is 13.4. The monoisotopic (exact) mass is 274 g/mol. The lowest BCUT2D eigenvalue weighted by Crippen LogP contribution is -2.18. The van der Waals surface area contributed by atoms with Crippen molar-refractivity contribution >= 4 is 17.6 Å². The molecule has 2 N–H and O–H groups in total. The summed E-state index contributed by atoms with van der Waals surface area (Å²) in [5.74, 6) is -2.23. The first-order valence-electron chi connectivity index (χ1n) is 5.79. The van der Waals surface area contributed by atoms with Crippen molar-refractivity contribution in [2.75, 3.05) is 5.32 Å². The molecule has 0 saturated carbocycles. The van der Waals surface area contributed by atoms with Crippen LogP contribution < -0.4 is 5.32 Å². The standard InChI is InChI=1S/C14H11FN2O3/c15-10-5-2-1-4-9(10)8-12(18)17-11-6-3-7-16-13(11)14(19)20/h1-7H,8H2,(H,17,18)(H,19,20). The summed E-state index contributed by atoms with van der Waals surface area (Å²) in [6.45, 7) is 0. The smallest absolute Gasteiger partial charge is 0.356 e. The Kier molecular flexibility index (Phi) is 4.05. The van der Waals surface area contributed by atoms with E-state index in [0.717, 1.165) is 0 Å². The number of nitrogens with one attached hydrogen (secondary N) is 1. The van der Waals surface area contributed by atoms with Gasteiger partial charge in [0.25, 0.3) is 0 Å². The molecule has 0 unspecified atom stereocenters. The number of pyridine rings is 1. The Labute approximate surface area is 114 Å². The number of halogens is 1. The molecule has 0 aliphatic heterocycles. The highest BCUT2D eigenvalue weighted by molar-refractivity contribution is 5.99. The second kappa shape index (κ2) is 5.92. The summed E-state index contributed by atoms with van der Waals surface area (Å²) < 4.78 is 13.4. The molecular weight excluding hydrogens is 263 g/mol. The molecule has 0 saturated heterocycles. The van der Waals surface area contributed by atoms with Crippen LogP contribution in [0.25, 0.3) is 0 Å². The largest absolute Gasteiger partial charge is 0.476 e. The van der Waals surface area contributed by atoms with E-state index in [2.05, 4.69) is 10.3 Å². The Morgan fingerprint density at radius 2 is 1.95 bits per heavy atom. The molecule has 2 aromatic rings. The average Bonchev–Trinajstić information content (AvgIpc) is 2.41. The molecule has 0 radical (unpaired) electrons. The highest BCUT2D eigenvalue weighted by Gasteiger charge is 2.14. The highest BCUT2D eigenvalue weighted by atomic mass is 19.1. The van der Waals surface area contributed by atoms with E-state index in [9.17, 15) is 14.0 Å². The maximum Gasteiger partial charge on any atom is 0.356 e. The Morgan fingerprint density at radius 3 is 2.65 bits per heavy atom. The van der Waals surface area contributed by atoms with E-state index < -0.39 is 17.7 Å². The third-order valence-corrected chi connectivity index (χ3v) is 2.59. The van der Waals surface area contributed by atoms with Crippen LogP contribution in [-0.4, -0.2) is 22.0 Å². The fourth-order valence-corrected chi connectivity index (χ4v) is 1.69. The molecule has 1 heterocycles. The Morgan fingerprint density at radius 1 is 1.20 bits per heavy atom. The van der Waals surface area contributed by atoms with Crippen LogP contribution >= 0.6 is 0 Å². The average molecular weight is 274 g/mol. The first-order valence-corrected chi connectivity index (χ1v) is 5.79.